The Morgan fingerprint density at radius 2 is 2.23 bits per heavy atom. The molecule has 2 nitrogen and oxygen atoms in total. The van der Waals surface area contributed by atoms with Gasteiger partial charge in [0, 0.05) is 24.2 Å². The third-order valence-corrected chi connectivity index (χ3v) is 2.31. The number of hydrogen-bond donors (Lipinski definition) is 0. The summed E-state index contributed by atoms with van der Waals surface area (Å²) >= 11 is 0. The lowest BCUT2D eigenvalue weighted by Crippen LogP contribution is -2.02. The highest BCUT2D eigenvalue weighted by atomic mass is 14.9. The van der Waals surface area contributed by atoms with E-state index in [2.05, 4.69) is 29.9 Å². The average Bonchev–Trinajstić information content (AvgIpc) is 2.85. The van der Waals surface area contributed by atoms with Gasteiger partial charge in [-0.25, -0.2) is 9.97 Å². The van der Waals surface area contributed by atoms with Crippen LogP contribution in [0, 0.1) is 5.92 Å². The van der Waals surface area contributed by atoms with Crippen molar-refractivity contribution >= 4 is 0 Å². The molecule has 0 unspecified atom stereocenters. The van der Waals surface area contributed by atoms with Crippen molar-refractivity contribution in [2.24, 2.45) is 5.92 Å². The van der Waals surface area contributed by atoms with E-state index in [4.69, 9.17) is 0 Å². The van der Waals surface area contributed by atoms with Crippen LogP contribution in [0.2, 0.25) is 0 Å². The van der Waals surface area contributed by atoms with Crippen LogP contribution in [0.1, 0.15) is 44.1 Å². The highest BCUT2D eigenvalue weighted by Crippen LogP contribution is 2.38. The van der Waals surface area contributed by atoms with E-state index < -0.39 is 0 Å². The van der Waals surface area contributed by atoms with E-state index >= 15 is 0 Å². The number of nitrogens with zero attached hydrogens (tertiary/aromatic N) is 2. The predicted molar refractivity (Wildman–Crippen MR) is 52.5 cm³/mol. The first kappa shape index (κ1) is 8.67. The van der Waals surface area contributed by atoms with Crippen molar-refractivity contribution in [3.05, 3.63) is 23.8 Å². The predicted octanol–water partition coefficient (Wildman–Crippen LogP) is 2.55. The second-order valence-corrected chi connectivity index (χ2v) is 4.27. The summed E-state index contributed by atoms with van der Waals surface area (Å²) in [5.74, 6) is 2.41. The molecule has 0 spiro atoms. The lowest BCUT2D eigenvalue weighted by Gasteiger charge is -2.04. The minimum Gasteiger partial charge on any atom is -0.241 e. The lowest BCUT2D eigenvalue weighted by atomic mass is 10.1. The molecule has 1 heterocycles. The Labute approximate surface area is 79.4 Å². The largest absolute Gasteiger partial charge is 0.241 e. The van der Waals surface area contributed by atoms with Gasteiger partial charge in [-0.3, -0.25) is 0 Å². The van der Waals surface area contributed by atoms with Gasteiger partial charge >= 0.3 is 0 Å². The Morgan fingerprint density at radius 1 is 1.46 bits per heavy atom. The van der Waals surface area contributed by atoms with Crippen LogP contribution in [-0.4, -0.2) is 9.97 Å². The van der Waals surface area contributed by atoms with Crippen LogP contribution in [0.25, 0.3) is 0 Å². The van der Waals surface area contributed by atoms with Gasteiger partial charge in [0.25, 0.3) is 0 Å². The minimum atomic E-state index is 0.648. The Balaban J connectivity index is 2.12. The molecule has 1 saturated carbocycles. The molecule has 0 atom stereocenters. The minimum absolute atomic E-state index is 0.648. The molecule has 1 aromatic rings. The maximum Gasteiger partial charge on any atom is 0.128 e. The highest BCUT2D eigenvalue weighted by molar-refractivity contribution is 5.13. The van der Waals surface area contributed by atoms with Gasteiger partial charge in [0.05, 0.1) is 0 Å². The SMILES string of the molecule is CC(C)Cc1nccc(C2CC2)n1. The fourth-order valence-electron chi connectivity index (χ4n) is 1.48. The summed E-state index contributed by atoms with van der Waals surface area (Å²) in [6.45, 7) is 4.40. The molecule has 2 rings (SSSR count). The smallest absolute Gasteiger partial charge is 0.128 e. The van der Waals surface area contributed by atoms with Gasteiger partial charge in [-0.2, -0.15) is 0 Å². The molecule has 1 aromatic heterocycles. The number of hydrogen-bond acceptors (Lipinski definition) is 2. The van der Waals surface area contributed by atoms with Crippen LogP contribution < -0.4 is 0 Å². The summed E-state index contributed by atoms with van der Waals surface area (Å²) < 4.78 is 0. The summed E-state index contributed by atoms with van der Waals surface area (Å²) in [6.07, 6.45) is 5.54. The second kappa shape index (κ2) is 3.44. The molecule has 1 fully saturated rings. The third kappa shape index (κ3) is 2.27. The Morgan fingerprint density at radius 3 is 2.85 bits per heavy atom. The van der Waals surface area contributed by atoms with Gasteiger partial charge in [-0.1, -0.05) is 13.8 Å². The van der Waals surface area contributed by atoms with Gasteiger partial charge in [-0.15, -0.1) is 0 Å². The molecule has 70 valence electrons. The van der Waals surface area contributed by atoms with E-state index in [1.54, 1.807) is 0 Å². The van der Waals surface area contributed by atoms with Crippen molar-refractivity contribution in [1.82, 2.24) is 9.97 Å². The molecule has 1 aliphatic rings. The Hall–Kier alpha value is -0.920. The first-order valence-electron chi connectivity index (χ1n) is 5.07. The molecular formula is C11H16N2. The first-order valence-corrected chi connectivity index (χ1v) is 5.07. The monoisotopic (exact) mass is 176 g/mol. The molecule has 0 aliphatic heterocycles. The molecule has 0 aromatic carbocycles. The molecule has 0 N–H and O–H groups in total. The van der Waals surface area contributed by atoms with Gasteiger partial charge in [0.15, 0.2) is 0 Å². The molecular weight excluding hydrogens is 160 g/mol. The maximum absolute atomic E-state index is 4.56. The zero-order valence-corrected chi connectivity index (χ0v) is 8.33. The van der Waals surface area contributed by atoms with E-state index in [1.165, 1.54) is 18.5 Å². The Bertz CT molecular complexity index is 290. The molecule has 0 saturated heterocycles. The maximum atomic E-state index is 4.56. The van der Waals surface area contributed by atoms with Crippen LogP contribution in [0.15, 0.2) is 12.3 Å². The lowest BCUT2D eigenvalue weighted by molar-refractivity contribution is 0.617. The fraction of sp³-hybridized carbons (Fsp3) is 0.636. The van der Waals surface area contributed by atoms with Crippen molar-refractivity contribution in [2.45, 2.75) is 39.0 Å². The third-order valence-electron chi connectivity index (χ3n) is 2.31. The van der Waals surface area contributed by atoms with Crippen molar-refractivity contribution in [2.75, 3.05) is 0 Å². The first-order chi connectivity index (χ1) is 6.25. The summed E-state index contributed by atoms with van der Waals surface area (Å²) in [4.78, 5) is 8.84. The molecule has 0 radical (unpaired) electrons. The standard InChI is InChI=1S/C11H16N2/c1-8(2)7-11-12-6-5-10(13-11)9-3-4-9/h5-6,8-9H,3-4,7H2,1-2H3. The molecule has 1 aliphatic carbocycles. The van der Waals surface area contributed by atoms with E-state index in [1.807, 2.05) is 6.20 Å². The summed E-state index contributed by atoms with van der Waals surface area (Å²) in [5.41, 5.74) is 1.26. The topological polar surface area (TPSA) is 25.8 Å². The van der Waals surface area contributed by atoms with E-state index in [0.29, 0.717) is 5.92 Å². The van der Waals surface area contributed by atoms with Crippen LogP contribution in [0.4, 0.5) is 0 Å². The Kier molecular flexibility index (Phi) is 2.30. The van der Waals surface area contributed by atoms with Crippen molar-refractivity contribution in [3.63, 3.8) is 0 Å². The molecule has 2 heteroatoms. The highest BCUT2D eigenvalue weighted by Gasteiger charge is 2.25. The molecule has 0 amide bonds. The van der Waals surface area contributed by atoms with Gasteiger partial charge < -0.3 is 0 Å². The number of rotatable bonds is 3. The quantitative estimate of drug-likeness (QED) is 0.707. The van der Waals surface area contributed by atoms with E-state index in [-0.39, 0.29) is 0 Å². The molecule has 13 heavy (non-hydrogen) atoms. The van der Waals surface area contributed by atoms with Crippen LogP contribution in [0.5, 0.6) is 0 Å². The van der Waals surface area contributed by atoms with Gasteiger partial charge in [-0.05, 0) is 24.8 Å². The summed E-state index contributed by atoms with van der Waals surface area (Å²) in [6, 6.07) is 2.06. The van der Waals surface area contributed by atoms with Crippen LogP contribution in [-0.2, 0) is 6.42 Å². The van der Waals surface area contributed by atoms with E-state index in [9.17, 15) is 0 Å². The van der Waals surface area contributed by atoms with Crippen molar-refractivity contribution < 1.29 is 0 Å². The van der Waals surface area contributed by atoms with Gasteiger partial charge in [0.1, 0.15) is 5.82 Å². The fourth-order valence-corrected chi connectivity index (χ4v) is 1.48. The van der Waals surface area contributed by atoms with Crippen molar-refractivity contribution in [3.8, 4) is 0 Å². The van der Waals surface area contributed by atoms with E-state index in [0.717, 1.165) is 18.2 Å². The number of aromatic nitrogens is 2. The molecule has 0 bridgehead atoms. The summed E-state index contributed by atoms with van der Waals surface area (Å²) in [7, 11) is 0. The second-order valence-electron chi connectivity index (χ2n) is 4.27. The average molecular weight is 176 g/mol. The van der Waals surface area contributed by atoms with Gasteiger partial charge in [0.2, 0.25) is 0 Å². The zero-order chi connectivity index (χ0) is 9.26. The van der Waals surface area contributed by atoms with Crippen LogP contribution in [0.3, 0.4) is 0 Å². The summed E-state index contributed by atoms with van der Waals surface area (Å²) in [5, 5.41) is 0. The van der Waals surface area contributed by atoms with Crippen LogP contribution >= 0.6 is 0 Å². The zero-order valence-electron chi connectivity index (χ0n) is 8.33. The normalized spacial score (nSPS) is 16.5. The van der Waals surface area contributed by atoms with Crippen molar-refractivity contribution in [1.29, 1.82) is 0 Å².